The minimum Gasteiger partial charge on any atom is -0.445 e. The van der Waals surface area contributed by atoms with Crippen LogP contribution in [0.25, 0.3) is 5.57 Å². The van der Waals surface area contributed by atoms with E-state index in [4.69, 9.17) is 33.3 Å². The summed E-state index contributed by atoms with van der Waals surface area (Å²) in [5, 5.41) is 3.49. The first-order valence-electron chi connectivity index (χ1n) is 15.3. The minimum absolute atomic E-state index is 0.00541. The Labute approximate surface area is 239 Å². The zero-order valence-electron chi connectivity index (χ0n) is 28.8. The molecule has 0 spiro atoms. The van der Waals surface area contributed by atoms with Crippen LogP contribution in [-0.4, -0.2) is 70.3 Å². The van der Waals surface area contributed by atoms with Crippen molar-refractivity contribution in [1.82, 2.24) is 15.2 Å². The SMILES string of the molecule is [2H]C([2H])([2H])C(C(=O)OCOC(=O)C1=C(COC(N)=O)CS[C@@H]2[C@H](NC(=O)C(=CCC)c3csc(N)n3)C(=O)N12)(C([2H])([2H])[2H])C([2H])([2H])[2H]. The fraction of sp³-hybridized carbons (Fsp3) is 0.478. The molecule has 38 heavy (non-hydrogen) atoms. The van der Waals surface area contributed by atoms with Crippen molar-refractivity contribution in [2.75, 3.05) is 24.9 Å². The van der Waals surface area contributed by atoms with E-state index in [1.165, 1.54) is 0 Å². The van der Waals surface area contributed by atoms with E-state index in [0.717, 1.165) is 28.0 Å². The molecule has 0 unspecified atom stereocenters. The lowest BCUT2D eigenvalue weighted by atomic mass is 9.98. The predicted octanol–water partition coefficient (Wildman–Crippen LogP) is 1.36. The van der Waals surface area contributed by atoms with Crippen LogP contribution in [0.15, 0.2) is 22.7 Å². The lowest BCUT2D eigenvalue weighted by molar-refractivity contribution is -0.173. The van der Waals surface area contributed by atoms with Crippen LogP contribution < -0.4 is 16.8 Å². The number of rotatable bonds is 9. The molecule has 1 aromatic heterocycles. The number of nitrogens with two attached hydrogens (primary N) is 2. The average molecular weight is 577 g/mol. The van der Waals surface area contributed by atoms with Crippen molar-refractivity contribution < 1.29 is 50.5 Å². The molecule has 206 valence electrons. The fourth-order valence-electron chi connectivity index (χ4n) is 3.40. The zero-order valence-corrected chi connectivity index (χ0v) is 21.4. The number of nitrogens with one attached hydrogen (secondary N) is 1. The van der Waals surface area contributed by atoms with Gasteiger partial charge in [0, 0.05) is 29.0 Å². The van der Waals surface area contributed by atoms with E-state index in [1.54, 1.807) is 18.4 Å². The number of anilines is 1. The van der Waals surface area contributed by atoms with E-state index < -0.39 is 86.3 Å². The Kier molecular flexibility index (Phi) is 5.81. The number of carbonyl (C=O) groups is 5. The quantitative estimate of drug-likeness (QED) is 0.166. The van der Waals surface area contributed by atoms with Crippen LogP contribution in [0.5, 0.6) is 0 Å². The normalized spacial score (nSPS) is 23.8. The molecule has 0 saturated carbocycles. The molecule has 3 heterocycles. The van der Waals surface area contributed by atoms with Gasteiger partial charge >= 0.3 is 18.0 Å². The van der Waals surface area contributed by atoms with Crippen LogP contribution in [0, 0.1) is 5.41 Å². The second-order valence-corrected chi connectivity index (χ2v) is 9.74. The Bertz CT molecular complexity index is 1470. The van der Waals surface area contributed by atoms with Crippen LogP contribution in [0.3, 0.4) is 0 Å². The molecule has 13 nitrogen and oxygen atoms in total. The van der Waals surface area contributed by atoms with Crippen molar-refractivity contribution >= 4 is 63.6 Å². The third kappa shape index (κ3) is 6.45. The van der Waals surface area contributed by atoms with Crippen LogP contribution in [0.4, 0.5) is 9.93 Å². The number of aromatic nitrogens is 1. The number of nitrogen functional groups attached to an aromatic ring is 1. The molecule has 1 fully saturated rings. The molecule has 0 aliphatic carbocycles. The molecule has 5 N–H and O–H groups in total. The Morgan fingerprint density at radius 3 is 2.63 bits per heavy atom. The first-order chi connectivity index (χ1) is 21.6. The van der Waals surface area contributed by atoms with Crippen molar-refractivity contribution in [2.45, 2.75) is 45.3 Å². The molecule has 2 atom stereocenters. The Morgan fingerprint density at radius 2 is 2.03 bits per heavy atom. The highest BCUT2D eigenvalue weighted by molar-refractivity contribution is 8.00. The van der Waals surface area contributed by atoms with Gasteiger partial charge in [0.25, 0.3) is 11.8 Å². The largest absolute Gasteiger partial charge is 0.445 e. The summed E-state index contributed by atoms with van der Waals surface area (Å²) in [5.74, 6) is -5.10. The second kappa shape index (κ2) is 11.9. The number of fused-ring (bicyclic) bond motifs is 1. The maximum atomic E-state index is 13.3. The van der Waals surface area contributed by atoms with Gasteiger partial charge in [-0.15, -0.1) is 23.1 Å². The van der Waals surface area contributed by atoms with Gasteiger partial charge in [-0.1, -0.05) is 13.0 Å². The summed E-state index contributed by atoms with van der Waals surface area (Å²) in [5.41, 5.74) is 6.66. The number of nitrogens with zero attached hydrogens (tertiary/aromatic N) is 2. The number of carbonyl (C=O) groups excluding carboxylic acids is 5. The summed E-state index contributed by atoms with van der Waals surface area (Å²) in [6.45, 7) is -12.0. The van der Waals surface area contributed by atoms with Crippen molar-refractivity contribution in [3.63, 3.8) is 0 Å². The molecule has 15 heteroatoms. The highest BCUT2D eigenvalue weighted by Gasteiger charge is 2.54. The summed E-state index contributed by atoms with van der Waals surface area (Å²) in [4.78, 5) is 68.8. The summed E-state index contributed by atoms with van der Waals surface area (Å²) < 4.78 is 82.4. The number of hydrogen-bond donors (Lipinski definition) is 3. The standard InChI is InChI=1S/C23H29N5O8S2/c1-5-6-12(13-9-38-21(24)26-13)16(29)27-14-17(30)28-15(11(7-34-22(25)33)8-37-18(14)28)19(31)35-10-36-20(32)23(2,3)4/h6,9,14,18H,5,7-8,10H2,1-4H3,(H2,24,26)(H2,25,33)(H,27,29)/t14-,18-/m1/s1/i2D3,3D3,4D3. The number of β-lactam (4-membered cyclic amide) rings is 1. The van der Waals surface area contributed by atoms with Gasteiger partial charge in [-0.2, -0.15) is 0 Å². The predicted molar refractivity (Wildman–Crippen MR) is 139 cm³/mol. The van der Waals surface area contributed by atoms with E-state index in [9.17, 15) is 24.0 Å². The van der Waals surface area contributed by atoms with Gasteiger partial charge in [-0.25, -0.2) is 14.6 Å². The molecule has 2 aliphatic heterocycles. The third-order valence-electron chi connectivity index (χ3n) is 5.05. The number of amides is 3. The summed E-state index contributed by atoms with van der Waals surface area (Å²) in [7, 11) is 0. The van der Waals surface area contributed by atoms with Crippen molar-refractivity contribution in [3.8, 4) is 0 Å². The van der Waals surface area contributed by atoms with Crippen molar-refractivity contribution in [1.29, 1.82) is 0 Å². The number of thiazole rings is 1. The summed E-state index contributed by atoms with van der Waals surface area (Å²) in [6.07, 6.45) is 0.808. The summed E-state index contributed by atoms with van der Waals surface area (Å²) >= 11 is 2.19. The van der Waals surface area contributed by atoms with E-state index in [1.807, 2.05) is 0 Å². The second-order valence-electron chi connectivity index (χ2n) is 7.75. The van der Waals surface area contributed by atoms with Gasteiger partial charge in [-0.05, 0) is 27.0 Å². The first kappa shape index (κ1) is 18.6. The topological polar surface area (TPSA) is 193 Å². The van der Waals surface area contributed by atoms with Gasteiger partial charge in [-0.3, -0.25) is 19.3 Å². The third-order valence-corrected chi connectivity index (χ3v) is 7.07. The first-order valence-corrected chi connectivity index (χ1v) is 12.7. The number of hydrogen-bond acceptors (Lipinski definition) is 12. The highest BCUT2D eigenvalue weighted by Crippen LogP contribution is 2.41. The number of esters is 2. The van der Waals surface area contributed by atoms with Crippen molar-refractivity contribution in [3.05, 3.63) is 28.4 Å². The molecular weight excluding hydrogens is 538 g/mol. The Balaban J connectivity index is 1.83. The molecule has 2 aliphatic rings. The fourth-order valence-corrected chi connectivity index (χ4v) is 5.29. The number of primary amides is 1. The van der Waals surface area contributed by atoms with Crippen LogP contribution in [-0.2, 0) is 33.4 Å². The molecule has 0 bridgehead atoms. The van der Waals surface area contributed by atoms with Crippen LogP contribution in [0.2, 0.25) is 0 Å². The molecule has 1 saturated heterocycles. The van der Waals surface area contributed by atoms with Gasteiger partial charge < -0.3 is 31.0 Å². The molecule has 0 radical (unpaired) electrons. The Hall–Kier alpha value is -3.59. The smallest absolute Gasteiger partial charge is 0.404 e. The Morgan fingerprint density at radius 1 is 1.29 bits per heavy atom. The maximum absolute atomic E-state index is 13.3. The lowest BCUT2D eigenvalue weighted by Gasteiger charge is -2.49. The van der Waals surface area contributed by atoms with Gasteiger partial charge in [0.2, 0.25) is 6.79 Å². The molecule has 3 amide bonds. The van der Waals surface area contributed by atoms with Crippen LogP contribution in [0.1, 0.15) is 51.9 Å². The monoisotopic (exact) mass is 576 g/mol. The number of thioether (sulfide) groups is 1. The van der Waals surface area contributed by atoms with E-state index >= 15 is 0 Å². The molecule has 1 aromatic rings. The maximum Gasteiger partial charge on any atom is 0.404 e. The van der Waals surface area contributed by atoms with Gasteiger partial charge in [0.15, 0.2) is 5.13 Å². The lowest BCUT2D eigenvalue weighted by Crippen LogP contribution is -2.70. The molecule has 3 rings (SSSR count). The van der Waals surface area contributed by atoms with Crippen LogP contribution >= 0.6 is 23.1 Å². The summed E-state index contributed by atoms with van der Waals surface area (Å²) in [6, 6.07) is -1.15. The van der Waals surface area contributed by atoms with E-state index in [2.05, 4.69) is 15.0 Å². The number of allylic oxidation sites excluding steroid dienone is 1. The van der Waals surface area contributed by atoms with E-state index in [0.29, 0.717) is 6.42 Å². The highest BCUT2D eigenvalue weighted by atomic mass is 32.2. The molecule has 0 aromatic carbocycles. The van der Waals surface area contributed by atoms with Crippen molar-refractivity contribution in [2.24, 2.45) is 11.1 Å². The minimum atomic E-state index is -4.00. The van der Waals surface area contributed by atoms with Gasteiger partial charge in [0.05, 0.1) is 16.7 Å². The van der Waals surface area contributed by atoms with Gasteiger partial charge in [0.1, 0.15) is 23.7 Å². The average Bonchev–Trinajstić information content (AvgIpc) is 3.35. The molecular formula is C23H29N5O8S2. The van der Waals surface area contributed by atoms with E-state index in [-0.39, 0.29) is 27.7 Å². The zero-order chi connectivity index (χ0) is 35.7. The number of ether oxygens (including phenoxy) is 3.